The molecule has 3 aliphatic rings. The summed E-state index contributed by atoms with van der Waals surface area (Å²) in [4.78, 5) is 24.2. The minimum atomic E-state index is -0.221. The van der Waals surface area contributed by atoms with Crippen LogP contribution in [0.15, 0.2) is 48.5 Å². The van der Waals surface area contributed by atoms with Gasteiger partial charge in [-0.05, 0) is 87.9 Å². The van der Waals surface area contributed by atoms with Crippen LogP contribution in [0.4, 0.5) is 10.1 Å². The molecule has 6 rings (SSSR count). The van der Waals surface area contributed by atoms with Crippen LogP contribution in [0.25, 0.3) is 22.2 Å². The number of carbonyl (C=O) groups is 1. The van der Waals surface area contributed by atoms with Gasteiger partial charge in [-0.25, -0.2) is 4.39 Å². The number of hydrogen-bond donors (Lipinski definition) is 2. The maximum Gasteiger partial charge on any atom is 0.223 e. The van der Waals surface area contributed by atoms with Gasteiger partial charge in [0.2, 0.25) is 5.91 Å². The molecule has 3 aromatic rings. The number of aromatic amines is 1. The summed E-state index contributed by atoms with van der Waals surface area (Å²) in [6.45, 7) is 11.6. The lowest BCUT2D eigenvalue weighted by Gasteiger charge is -2.53. The van der Waals surface area contributed by atoms with Crippen LogP contribution in [0.2, 0.25) is 0 Å². The lowest BCUT2D eigenvalue weighted by Crippen LogP contribution is -2.65. The van der Waals surface area contributed by atoms with Crippen molar-refractivity contribution in [1.82, 2.24) is 20.1 Å². The number of benzene rings is 2. The Bertz CT molecular complexity index is 1300. The number of piperazine rings is 1. The van der Waals surface area contributed by atoms with E-state index < -0.39 is 0 Å². The summed E-state index contributed by atoms with van der Waals surface area (Å²) in [5.74, 6) is 0.102. The number of nitrogens with zero attached hydrogens (tertiary/aromatic N) is 3. The number of piperidine rings is 1. The summed E-state index contributed by atoms with van der Waals surface area (Å²) >= 11 is 0. The molecule has 0 unspecified atom stereocenters. The van der Waals surface area contributed by atoms with Crippen LogP contribution in [-0.2, 0) is 4.79 Å². The zero-order valence-corrected chi connectivity index (χ0v) is 23.4. The number of rotatable bonds is 7. The largest absolute Gasteiger partial charge is 0.371 e. The number of hydrogen-bond acceptors (Lipinski definition) is 4. The number of nitrogens with one attached hydrogen (secondary N) is 2. The van der Waals surface area contributed by atoms with E-state index in [1.807, 2.05) is 6.07 Å². The van der Waals surface area contributed by atoms with Crippen LogP contribution < -0.4 is 10.2 Å². The smallest absolute Gasteiger partial charge is 0.223 e. The van der Waals surface area contributed by atoms with E-state index >= 15 is 0 Å². The van der Waals surface area contributed by atoms with Crippen molar-refractivity contribution < 1.29 is 9.18 Å². The van der Waals surface area contributed by atoms with Crippen molar-refractivity contribution in [3.05, 3.63) is 54.3 Å². The van der Waals surface area contributed by atoms with Crippen molar-refractivity contribution in [3.63, 3.8) is 0 Å². The Morgan fingerprint density at radius 2 is 1.79 bits per heavy atom. The van der Waals surface area contributed by atoms with Crippen LogP contribution in [0.1, 0.15) is 46.0 Å². The van der Waals surface area contributed by atoms with Gasteiger partial charge >= 0.3 is 0 Å². The number of aromatic nitrogens is 1. The quantitative estimate of drug-likeness (QED) is 0.437. The molecule has 0 spiro atoms. The summed E-state index contributed by atoms with van der Waals surface area (Å²) in [6.07, 6.45) is 5.43. The molecule has 0 bridgehead atoms. The van der Waals surface area contributed by atoms with Crippen molar-refractivity contribution >= 4 is 22.5 Å². The fourth-order valence-electron chi connectivity index (χ4n) is 6.83. The predicted molar refractivity (Wildman–Crippen MR) is 157 cm³/mol. The standard InChI is InChI=1S/C32H42FN5O/c1-23(2)36-15-17-38(18-16-36)32(11-4-12-32)22-34-31(39)24-9-13-37(14-10-24)28-6-3-5-25(20-28)30-21-26-19-27(33)7-8-29(26)35-30/h3,5-8,19-21,23-24,35H,4,9-18,22H2,1-2H3,(H,34,39). The zero-order valence-electron chi connectivity index (χ0n) is 23.4. The summed E-state index contributed by atoms with van der Waals surface area (Å²) in [5, 5.41) is 4.26. The van der Waals surface area contributed by atoms with E-state index in [1.165, 1.54) is 31.0 Å². The average Bonchev–Trinajstić information content (AvgIpc) is 3.36. The Kier molecular flexibility index (Phi) is 7.38. The maximum atomic E-state index is 13.6. The van der Waals surface area contributed by atoms with Crippen molar-refractivity contribution in [1.29, 1.82) is 0 Å². The molecular formula is C32H42FN5O. The maximum absolute atomic E-state index is 13.6. The topological polar surface area (TPSA) is 54.6 Å². The number of amides is 1. The summed E-state index contributed by atoms with van der Waals surface area (Å²) in [6, 6.07) is 16.0. The second kappa shape index (κ2) is 10.9. The highest BCUT2D eigenvalue weighted by molar-refractivity contribution is 5.86. The Morgan fingerprint density at radius 3 is 2.49 bits per heavy atom. The fraction of sp³-hybridized carbons (Fsp3) is 0.531. The number of halogens is 1. The van der Waals surface area contributed by atoms with Gasteiger partial charge in [0.05, 0.1) is 0 Å². The van der Waals surface area contributed by atoms with Crippen molar-refractivity contribution in [2.45, 2.75) is 57.5 Å². The van der Waals surface area contributed by atoms with E-state index in [-0.39, 0.29) is 23.2 Å². The summed E-state index contributed by atoms with van der Waals surface area (Å²) in [5.41, 5.74) is 4.36. The molecular weight excluding hydrogens is 489 g/mol. The van der Waals surface area contributed by atoms with Gasteiger partial charge in [0.15, 0.2) is 0 Å². The van der Waals surface area contributed by atoms with E-state index in [0.29, 0.717) is 6.04 Å². The molecule has 3 fully saturated rings. The molecule has 39 heavy (non-hydrogen) atoms. The van der Waals surface area contributed by atoms with E-state index in [1.54, 1.807) is 12.1 Å². The third kappa shape index (κ3) is 5.44. The molecule has 1 amide bonds. The zero-order chi connectivity index (χ0) is 27.0. The molecule has 6 nitrogen and oxygen atoms in total. The number of anilines is 1. The molecule has 1 aromatic heterocycles. The molecule has 0 radical (unpaired) electrons. The minimum Gasteiger partial charge on any atom is -0.371 e. The van der Waals surface area contributed by atoms with Gasteiger partial charge in [-0.3, -0.25) is 14.6 Å². The fourth-order valence-corrected chi connectivity index (χ4v) is 6.83. The monoisotopic (exact) mass is 531 g/mol. The molecule has 2 aliphatic heterocycles. The Morgan fingerprint density at radius 1 is 1.03 bits per heavy atom. The van der Waals surface area contributed by atoms with Gasteiger partial charge in [0, 0.05) is 85.6 Å². The first-order chi connectivity index (χ1) is 18.9. The second-order valence-corrected chi connectivity index (χ2v) is 12.1. The predicted octanol–water partition coefficient (Wildman–Crippen LogP) is 5.26. The van der Waals surface area contributed by atoms with E-state index in [9.17, 15) is 9.18 Å². The third-order valence-corrected chi connectivity index (χ3v) is 9.56. The molecule has 2 saturated heterocycles. The van der Waals surface area contributed by atoms with Crippen LogP contribution >= 0.6 is 0 Å². The second-order valence-electron chi connectivity index (χ2n) is 12.1. The molecule has 1 saturated carbocycles. The van der Waals surface area contributed by atoms with Gasteiger partial charge in [0.25, 0.3) is 0 Å². The Balaban J connectivity index is 1.03. The van der Waals surface area contributed by atoms with Gasteiger partial charge in [0.1, 0.15) is 5.82 Å². The van der Waals surface area contributed by atoms with Gasteiger partial charge in [-0.15, -0.1) is 0 Å². The summed E-state index contributed by atoms with van der Waals surface area (Å²) < 4.78 is 13.6. The van der Waals surface area contributed by atoms with Crippen LogP contribution in [-0.4, -0.2) is 78.1 Å². The lowest BCUT2D eigenvalue weighted by molar-refractivity contribution is -0.127. The number of carbonyl (C=O) groups excluding carboxylic acids is 1. The molecule has 2 aromatic carbocycles. The first-order valence-corrected chi connectivity index (χ1v) is 14.8. The van der Waals surface area contributed by atoms with Crippen molar-refractivity contribution in [2.75, 3.05) is 50.7 Å². The molecule has 7 heteroatoms. The normalized spacial score (nSPS) is 20.9. The Hall–Kier alpha value is -2.90. The average molecular weight is 532 g/mol. The van der Waals surface area contributed by atoms with Crippen LogP contribution in [0, 0.1) is 11.7 Å². The van der Waals surface area contributed by atoms with Gasteiger partial charge in [-0.2, -0.15) is 0 Å². The first kappa shape index (κ1) is 26.3. The highest BCUT2D eigenvalue weighted by Gasteiger charge is 2.44. The van der Waals surface area contributed by atoms with E-state index in [0.717, 1.165) is 80.8 Å². The van der Waals surface area contributed by atoms with Crippen LogP contribution in [0.3, 0.4) is 0 Å². The molecule has 2 N–H and O–H groups in total. The highest BCUT2D eigenvalue weighted by Crippen LogP contribution is 2.38. The van der Waals surface area contributed by atoms with Gasteiger partial charge < -0.3 is 15.2 Å². The molecule has 3 heterocycles. The number of fused-ring (bicyclic) bond motifs is 1. The van der Waals surface area contributed by atoms with Crippen molar-refractivity contribution in [3.8, 4) is 11.3 Å². The van der Waals surface area contributed by atoms with Gasteiger partial charge in [-0.1, -0.05) is 12.1 Å². The number of H-pyrrole nitrogens is 1. The molecule has 1 aliphatic carbocycles. The lowest BCUT2D eigenvalue weighted by atomic mass is 9.74. The van der Waals surface area contributed by atoms with E-state index in [2.05, 4.69) is 63.1 Å². The SMILES string of the molecule is CC(C)N1CCN(C2(CNC(=O)C3CCN(c4cccc(-c5cc6cc(F)ccc6[nH]5)c4)CC3)CCC2)CC1. The molecule has 208 valence electrons. The highest BCUT2D eigenvalue weighted by atomic mass is 19.1. The third-order valence-electron chi connectivity index (χ3n) is 9.56. The van der Waals surface area contributed by atoms with E-state index in [4.69, 9.17) is 0 Å². The Labute approximate surface area is 231 Å². The van der Waals surface area contributed by atoms with Crippen LogP contribution in [0.5, 0.6) is 0 Å². The van der Waals surface area contributed by atoms with Crippen molar-refractivity contribution in [2.24, 2.45) is 5.92 Å². The minimum absolute atomic E-state index is 0.0861. The summed E-state index contributed by atoms with van der Waals surface area (Å²) in [7, 11) is 0. The first-order valence-electron chi connectivity index (χ1n) is 14.8. The molecule has 0 atom stereocenters.